The lowest BCUT2D eigenvalue weighted by atomic mass is 9.92. The van der Waals surface area contributed by atoms with Crippen molar-refractivity contribution in [2.45, 2.75) is 25.3 Å². The van der Waals surface area contributed by atoms with E-state index in [1.807, 2.05) is 24.3 Å². The highest BCUT2D eigenvalue weighted by atomic mass is 16.5. The lowest BCUT2D eigenvalue weighted by Crippen LogP contribution is -2.49. The molecule has 110 valence electrons. The predicted molar refractivity (Wildman–Crippen MR) is 82.1 cm³/mol. The Labute approximate surface area is 123 Å². The van der Waals surface area contributed by atoms with Crippen LogP contribution in [-0.2, 0) is 4.74 Å². The minimum absolute atomic E-state index is 0.107. The number of anilines is 1. The van der Waals surface area contributed by atoms with Gasteiger partial charge in [-0.3, -0.25) is 4.79 Å². The van der Waals surface area contributed by atoms with E-state index in [9.17, 15) is 4.79 Å². The fraction of sp³-hybridized carbons (Fsp3) is 0.375. The number of nitrogens with zero attached hydrogens (tertiary/aromatic N) is 1. The van der Waals surface area contributed by atoms with Crippen molar-refractivity contribution >= 4 is 22.6 Å². The van der Waals surface area contributed by atoms with Crippen LogP contribution in [-0.4, -0.2) is 29.6 Å². The molecule has 0 saturated carbocycles. The van der Waals surface area contributed by atoms with Crippen LogP contribution in [0.4, 0.5) is 5.82 Å². The number of carbonyl (C=O) groups is 1. The van der Waals surface area contributed by atoms with Crippen LogP contribution in [0.25, 0.3) is 10.9 Å². The quantitative estimate of drug-likeness (QED) is 0.886. The Kier molecular flexibility index (Phi) is 3.51. The minimum Gasteiger partial charge on any atom is -0.384 e. The summed E-state index contributed by atoms with van der Waals surface area (Å²) in [4.78, 5) is 16.9. The summed E-state index contributed by atoms with van der Waals surface area (Å²) in [6.07, 6.45) is 1.63. The van der Waals surface area contributed by atoms with Gasteiger partial charge in [0.05, 0.1) is 11.1 Å². The third-order valence-electron chi connectivity index (χ3n) is 3.99. The van der Waals surface area contributed by atoms with Crippen molar-refractivity contribution in [1.29, 1.82) is 0 Å². The largest absolute Gasteiger partial charge is 0.384 e. The van der Waals surface area contributed by atoms with Crippen LogP contribution in [0, 0.1) is 0 Å². The van der Waals surface area contributed by atoms with Crippen LogP contribution in [0.1, 0.15) is 30.1 Å². The maximum absolute atomic E-state index is 12.6. The normalized spacial score (nSPS) is 17.6. The summed E-state index contributed by atoms with van der Waals surface area (Å²) in [5.74, 6) is 0.251. The minimum atomic E-state index is -0.228. The topological polar surface area (TPSA) is 77.2 Å². The molecule has 0 aliphatic carbocycles. The SMILES string of the molecule is CC1(NC(=O)c2cc(N)nc3ccccc23)CCOCC1. The van der Waals surface area contributed by atoms with Gasteiger partial charge in [0.15, 0.2) is 0 Å². The summed E-state index contributed by atoms with van der Waals surface area (Å²) >= 11 is 0. The Bertz CT molecular complexity index is 678. The van der Waals surface area contributed by atoms with Crippen molar-refractivity contribution in [3.8, 4) is 0 Å². The van der Waals surface area contributed by atoms with E-state index in [4.69, 9.17) is 10.5 Å². The van der Waals surface area contributed by atoms with Gasteiger partial charge in [-0.2, -0.15) is 0 Å². The molecule has 5 nitrogen and oxygen atoms in total. The summed E-state index contributed by atoms with van der Waals surface area (Å²) in [5.41, 5.74) is 6.90. The maximum Gasteiger partial charge on any atom is 0.252 e. The van der Waals surface area contributed by atoms with Crippen LogP contribution >= 0.6 is 0 Å². The summed E-state index contributed by atoms with van der Waals surface area (Å²) < 4.78 is 5.36. The molecule has 0 atom stereocenters. The van der Waals surface area contributed by atoms with Gasteiger partial charge in [-0.25, -0.2) is 4.98 Å². The number of nitrogens with one attached hydrogen (secondary N) is 1. The highest BCUT2D eigenvalue weighted by Gasteiger charge is 2.29. The zero-order chi connectivity index (χ0) is 14.9. The van der Waals surface area contributed by atoms with E-state index in [1.165, 1.54) is 0 Å². The first-order valence-electron chi connectivity index (χ1n) is 7.13. The molecule has 1 aromatic carbocycles. The molecule has 1 aliphatic heterocycles. The zero-order valence-corrected chi connectivity index (χ0v) is 12.1. The number of nitrogen functional groups attached to an aromatic ring is 1. The van der Waals surface area contributed by atoms with Crippen molar-refractivity contribution in [3.05, 3.63) is 35.9 Å². The van der Waals surface area contributed by atoms with E-state index in [0.29, 0.717) is 24.6 Å². The van der Waals surface area contributed by atoms with Crippen molar-refractivity contribution < 1.29 is 9.53 Å². The lowest BCUT2D eigenvalue weighted by molar-refractivity contribution is 0.0423. The van der Waals surface area contributed by atoms with Gasteiger partial charge < -0.3 is 15.8 Å². The Morgan fingerprint density at radius 1 is 1.33 bits per heavy atom. The number of carbonyl (C=O) groups excluding carboxylic acids is 1. The summed E-state index contributed by atoms with van der Waals surface area (Å²) in [6, 6.07) is 9.17. The number of benzene rings is 1. The van der Waals surface area contributed by atoms with Crippen LogP contribution in [0.5, 0.6) is 0 Å². The van der Waals surface area contributed by atoms with E-state index >= 15 is 0 Å². The van der Waals surface area contributed by atoms with Crippen molar-refractivity contribution in [2.75, 3.05) is 18.9 Å². The number of aromatic nitrogens is 1. The molecule has 21 heavy (non-hydrogen) atoms. The fourth-order valence-electron chi connectivity index (χ4n) is 2.67. The van der Waals surface area contributed by atoms with Crippen molar-refractivity contribution in [1.82, 2.24) is 10.3 Å². The number of nitrogens with two attached hydrogens (primary N) is 1. The number of amides is 1. The molecular formula is C16H19N3O2. The fourth-order valence-corrected chi connectivity index (χ4v) is 2.67. The molecule has 5 heteroatoms. The summed E-state index contributed by atoms with van der Waals surface area (Å²) in [6.45, 7) is 3.41. The molecule has 1 fully saturated rings. The van der Waals surface area contributed by atoms with Crippen LogP contribution in [0.2, 0.25) is 0 Å². The van der Waals surface area contributed by atoms with E-state index in [0.717, 1.165) is 23.7 Å². The number of hydrogen-bond donors (Lipinski definition) is 2. The first-order valence-corrected chi connectivity index (χ1v) is 7.13. The number of ether oxygens (including phenoxy) is 1. The second kappa shape index (κ2) is 5.33. The monoisotopic (exact) mass is 285 g/mol. The first-order chi connectivity index (χ1) is 10.1. The lowest BCUT2D eigenvalue weighted by Gasteiger charge is -2.34. The van der Waals surface area contributed by atoms with Gasteiger partial charge >= 0.3 is 0 Å². The molecule has 0 spiro atoms. The third kappa shape index (κ3) is 2.83. The Morgan fingerprint density at radius 3 is 2.81 bits per heavy atom. The molecule has 0 radical (unpaired) electrons. The number of para-hydroxylation sites is 1. The van der Waals surface area contributed by atoms with Gasteiger partial charge in [0.1, 0.15) is 5.82 Å². The number of pyridine rings is 1. The van der Waals surface area contributed by atoms with E-state index in [-0.39, 0.29) is 11.4 Å². The molecule has 0 bridgehead atoms. The smallest absolute Gasteiger partial charge is 0.252 e. The average Bonchev–Trinajstić information content (AvgIpc) is 2.46. The molecule has 1 amide bonds. The van der Waals surface area contributed by atoms with E-state index in [2.05, 4.69) is 17.2 Å². The molecule has 1 aromatic heterocycles. The zero-order valence-electron chi connectivity index (χ0n) is 12.1. The van der Waals surface area contributed by atoms with Gasteiger partial charge in [0.25, 0.3) is 5.91 Å². The molecule has 1 saturated heterocycles. The van der Waals surface area contributed by atoms with Gasteiger partial charge in [-0.1, -0.05) is 18.2 Å². The highest BCUT2D eigenvalue weighted by Crippen LogP contribution is 2.23. The predicted octanol–water partition coefficient (Wildman–Crippen LogP) is 2.12. The molecular weight excluding hydrogens is 266 g/mol. The molecule has 0 unspecified atom stereocenters. The Morgan fingerprint density at radius 2 is 2.05 bits per heavy atom. The van der Waals surface area contributed by atoms with Gasteiger partial charge in [0.2, 0.25) is 0 Å². The molecule has 3 rings (SSSR count). The van der Waals surface area contributed by atoms with Crippen molar-refractivity contribution in [3.63, 3.8) is 0 Å². The highest BCUT2D eigenvalue weighted by molar-refractivity contribution is 6.07. The number of rotatable bonds is 2. The molecule has 1 aliphatic rings. The molecule has 2 heterocycles. The second-order valence-corrected chi connectivity index (χ2v) is 5.74. The number of fused-ring (bicyclic) bond motifs is 1. The number of hydrogen-bond acceptors (Lipinski definition) is 4. The van der Waals surface area contributed by atoms with Gasteiger partial charge in [-0.05, 0) is 31.9 Å². The molecule has 3 N–H and O–H groups in total. The molecule has 2 aromatic rings. The Balaban J connectivity index is 1.94. The first kappa shape index (κ1) is 13.8. The van der Waals surface area contributed by atoms with E-state index in [1.54, 1.807) is 6.07 Å². The van der Waals surface area contributed by atoms with Gasteiger partial charge in [-0.15, -0.1) is 0 Å². The van der Waals surface area contributed by atoms with Gasteiger partial charge in [0, 0.05) is 24.1 Å². The Hall–Kier alpha value is -2.14. The van der Waals surface area contributed by atoms with E-state index < -0.39 is 0 Å². The standard InChI is InChI=1S/C16H19N3O2/c1-16(6-8-21-9-7-16)19-15(20)12-10-14(17)18-13-5-3-2-4-11(12)13/h2-5,10H,6-9H2,1H3,(H2,17,18)(H,19,20). The van der Waals surface area contributed by atoms with Crippen LogP contribution in [0.3, 0.4) is 0 Å². The maximum atomic E-state index is 12.6. The third-order valence-corrected chi connectivity index (χ3v) is 3.99. The summed E-state index contributed by atoms with van der Waals surface area (Å²) in [7, 11) is 0. The van der Waals surface area contributed by atoms with Crippen LogP contribution < -0.4 is 11.1 Å². The van der Waals surface area contributed by atoms with Crippen LogP contribution in [0.15, 0.2) is 30.3 Å². The van der Waals surface area contributed by atoms with Crippen molar-refractivity contribution in [2.24, 2.45) is 0 Å². The average molecular weight is 285 g/mol. The second-order valence-electron chi connectivity index (χ2n) is 5.74. The summed E-state index contributed by atoms with van der Waals surface area (Å²) in [5, 5.41) is 3.95.